The molecule has 4 N–H and O–H groups in total. The average molecular weight is 354 g/mol. The summed E-state index contributed by atoms with van der Waals surface area (Å²) in [5, 5.41) is 5.66. The van der Waals surface area contributed by atoms with Crippen molar-refractivity contribution in [2.75, 3.05) is 16.4 Å². The van der Waals surface area contributed by atoms with Crippen molar-refractivity contribution in [2.24, 2.45) is 0 Å². The molecule has 138 valence electrons. The molecule has 0 radical (unpaired) electrons. The molecule has 2 aromatic rings. The molecule has 0 saturated heterocycles. The van der Waals surface area contributed by atoms with Gasteiger partial charge in [-0.2, -0.15) is 0 Å². The summed E-state index contributed by atoms with van der Waals surface area (Å²) < 4.78 is 0. The molecule has 6 nitrogen and oxygen atoms in total. The normalized spacial score (nSPS) is 10.3. The fraction of sp³-hybridized carbons (Fsp3) is 0.350. The van der Waals surface area contributed by atoms with Gasteiger partial charge in [-0.15, -0.1) is 0 Å². The van der Waals surface area contributed by atoms with E-state index in [0.717, 1.165) is 36.9 Å². The SMILES string of the molecule is CCc1cncc(NC(=O)CCCCCC(=O)Nc2ccccc2N)c1. The van der Waals surface area contributed by atoms with Gasteiger partial charge in [-0.25, -0.2) is 0 Å². The van der Waals surface area contributed by atoms with E-state index in [1.165, 1.54) is 0 Å². The van der Waals surface area contributed by atoms with Crippen LogP contribution in [0.3, 0.4) is 0 Å². The van der Waals surface area contributed by atoms with E-state index in [1.807, 2.05) is 25.1 Å². The molecule has 0 spiro atoms. The molecule has 26 heavy (non-hydrogen) atoms. The summed E-state index contributed by atoms with van der Waals surface area (Å²) >= 11 is 0. The Morgan fingerprint density at radius 3 is 2.38 bits per heavy atom. The Bertz CT molecular complexity index is 746. The quantitative estimate of drug-likeness (QED) is 0.472. The third kappa shape index (κ3) is 6.55. The largest absolute Gasteiger partial charge is 0.397 e. The van der Waals surface area contributed by atoms with Crippen LogP contribution in [0.5, 0.6) is 0 Å². The smallest absolute Gasteiger partial charge is 0.224 e. The molecule has 0 aliphatic rings. The van der Waals surface area contributed by atoms with E-state index in [1.54, 1.807) is 24.5 Å². The van der Waals surface area contributed by atoms with Crippen molar-refractivity contribution in [1.29, 1.82) is 0 Å². The van der Waals surface area contributed by atoms with Gasteiger partial charge >= 0.3 is 0 Å². The first kappa shape index (κ1) is 19.4. The van der Waals surface area contributed by atoms with Crippen molar-refractivity contribution < 1.29 is 9.59 Å². The number of hydrogen-bond donors (Lipinski definition) is 3. The van der Waals surface area contributed by atoms with E-state index >= 15 is 0 Å². The van der Waals surface area contributed by atoms with Crippen LogP contribution in [0, 0.1) is 0 Å². The van der Waals surface area contributed by atoms with Crippen molar-refractivity contribution >= 4 is 28.9 Å². The number of aryl methyl sites for hydroxylation is 1. The number of pyridine rings is 1. The number of carbonyl (C=O) groups is 2. The van der Waals surface area contributed by atoms with Crippen LogP contribution in [0.2, 0.25) is 0 Å². The van der Waals surface area contributed by atoms with Crippen LogP contribution in [-0.4, -0.2) is 16.8 Å². The second kappa shape index (κ2) is 10.2. The second-order valence-corrected chi connectivity index (χ2v) is 6.18. The van der Waals surface area contributed by atoms with Crippen LogP contribution >= 0.6 is 0 Å². The van der Waals surface area contributed by atoms with Gasteiger partial charge in [0.1, 0.15) is 0 Å². The van der Waals surface area contributed by atoms with Crippen LogP contribution in [0.25, 0.3) is 0 Å². The summed E-state index contributed by atoms with van der Waals surface area (Å²) in [5.41, 5.74) is 8.81. The minimum Gasteiger partial charge on any atom is -0.397 e. The number of nitrogens with zero attached hydrogens (tertiary/aromatic N) is 1. The number of nitrogens with one attached hydrogen (secondary N) is 2. The van der Waals surface area contributed by atoms with E-state index < -0.39 is 0 Å². The standard InChI is InChI=1S/C20H26N4O2/c1-2-15-12-16(14-22-13-15)23-19(25)10-4-3-5-11-20(26)24-18-9-7-6-8-17(18)21/h6-9,12-14H,2-5,10-11,21H2,1H3,(H,23,25)(H,24,26). The molecule has 0 aliphatic carbocycles. The fourth-order valence-electron chi connectivity index (χ4n) is 2.54. The van der Waals surface area contributed by atoms with Gasteiger partial charge in [-0.1, -0.05) is 25.5 Å². The number of benzene rings is 1. The number of rotatable bonds is 9. The summed E-state index contributed by atoms with van der Waals surface area (Å²) in [6, 6.07) is 9.12. The number of anilines is 3. The number of hydrogen-bond acceptors (Lipinski definition) is 4. The molecular weight excluding hydrogens is 328 g/mol. The Balaban J connectivity index is 1.61. The van der Waals surface area contributed by atoms with Crippen LogP contribution in [0.15, 0.2) is 42.7 Å². The van der Waals surface area contributed by atoms with Gasteiger partial charge in [0.25, 0.3) is 0 Å². The molecule has 1 aromatic heterocycles. The van der Waals surface area contributed by atoms with Gasteiger partial charge in [0.05, 0.1) is 23.3 Å². The molecule has 0 unspecified atom stereocenters. The first-order valence-electron chi connectivity index (χ1n) is 8.96. The predicted molar refractivity (Wildman–Crippen MR) is 105 cm³/mol. The van der Waals surface area contributed by atoms with Crippen LogP contribution in [0.1, 0.15) is 44.6 Å². The third-order valence-corrected chi connectivity index (χ3v) is 4.03. The number of carbonyl (C=O) groups excluding carboxylic acids is 2. The summed E-state index contributed by atoms with van der Waals surface area (Å²) in [5.74, 6) is -0.0867. The van der Waals surface area contributed by atoms with E-state index in [2.05, 4.69) is 15.6 Å². The van der Waals surface area contributed by atoms with Crippen LogP contribution in [-0.2, 0) is 16.0 Å². The zero-order chi connectivity index (χ0) is 18.8. The minimum absolute atomic E-state index is 0.0263. The van der Waals surface area contributed by atoms with Crippen molar-refractivity contribution in [3.8, 4) is 0 Å². The van der Waals surface area contributed by atoms with Gasteiger partial charge in [0.15, 0.2) is 0 Å². The first-order valence-corrected chi connectivity index (χ1v) is 8.96. The maximum absolute atomic E-state index is 12.0. The molecule has 6 heteroatoms. The van der Waals surface area contributed by atoms with Gasteiger partial charge in [-0.05, 0) is 43.0 Å². The van der Waals surface area contributed by atoms with Crippen molar-refractivity contribution in [2.45, 2.75) is 45.4 Å². The number of amides is 2. The number of nitrogen functional groups attached to an aromatic ring is 1. The lowest BCUT2D eigenvalue weighted by Gasteiger charge is -2.08. The summed E-state index contributed by atoms with van der Waals surface area (Å²) in [6.45, 7) is 2.05. The lowest BCUT2D eigenvalue weighted by Crippen LogP contribution is -2.13. The molecule has 2 amide bonds. The molecule has 0 atom stereocenters. The highest BCUT2D eigenvalue weighted by Crippen LogP contribution is 2.17. The zero-order valence-corrected chi connectivity index (χ0v) is 15.1. The monoisotopic (exact) mass is 354 g/mol. The van der Waals surface area contributed by atoms with E-state index in [4.69, 9.17) is 5.73 Å². The van der Waals surface area contributed by atoms with E-state index in [0.29, 0.717) is 24.2 Å². The predicted octanol–water partition coefficient (Wildman–Crippen LogP) is 3.75. The Morgan fingerprint density at radius 1 is 1.00 bits per heavy atom. The Kier molecular flexibility index (Phi) is 7.61. The highest BCUT2D eigenvalue weighted by atomic mass is 16.2. The average Bonchev–Trinajstić information content (AvgIpc) is 2.63. The molecule has 0 bridgehead atoms. The second-order valence-electron chi connectivity index (χ2n) is 6.18. The molecule has 0 aliphatic heterocycles. The van der Waals surface area contributed by atoms with Gasteiger partial charge in [0.2, 0.25) is 11.8 Å². The highest BCUT2D eigenvalue weighted by molar-refractivity contribution is 5.93. The lowest BCUT2D eigenvalue weighted by atomic mass is 10.1. The van der Waals surface area contributed by atoms with Crippen molar-refractivity contribution in [3.63, 3.8) is 0 Å². The zero-order valence-electron chi connectivity index (χ0n) is 15.1. The highest BCUT2D eigenvalue weighted by Gasteiger charge is 2.06. The summed E-state index contributed by atoms with van der Waals surface area (Å²) in [6.07, 6.45) is 7.47. The van der Waals surface area contributed by atoms with Crippen LogP contribution in [0.4, 0.5) is 17.1 Å². The molecular formula is C20H26N4O2. The van der Waals surface area contributed by atoms with Gasteiger partial charge in [-0.3, -0.25) is 14.6 Å². The van der Waals surface area contributed by atoms with E-state index in [9.17, 15) is 9.59 Å². The first-order chi connectivity index (χ1) is 12.6. The Hall–Kier alpha value is -2.89. The number of para-hydroxylation sites is 2. The number of aromatic nitrogens is 1. The summed E-state index contributed by atoms with van der Waals surface area (Å²) in [7, 11) is 0. The summed E-state index contributed by atoms with van der Waals surface area (Å²) in [4.78, 5) is 28.0. The van der Waals surface area contributed by atoms with Gasteiger partial charge < -0.3 is 16.4 Å². The van der Waals surface area contributed by atoms with Gasteiger partial charge in [0, 0.05) is 19.0 Å². The van der Waals surface area contributed by atoms with Crippen LogP contribution < -0.4 is 16.4 Å². The van der Waals surface area contributed by atoms with Crippen molar-refractivity contribution in [1.82, 2.24) is 4.98 Å². The third-order valence-electron chi connectivity index (χ3n) is 4.03. The van der Waals surface area contributed by atoms with E-state index in [-0.39, 0.29) is 11.8 Å². The minimum atomic E-state index is -0.0604. The Morgan fingerprint density at radius 2 is 1.69 bits per heavy atom. The maximum Gasteiger partial charge on any atom is 0.224 e. The molecule has 2 rings (SSSR count). The lowest BCUT2D eigenvalue weighted by molar-refractivity contribution is -0.116. The molecule has 1 aromatic carbocycles. The topological polar surface area (TPSA) is 97.1 Å². The van der Waals surface area contributed by atoms with Crippen molar-refractivity contribution in [3.05, 3.63) is 48.3 Å². The number of nitrogens with two attached hydrogens (primary N) is 1. The number of unbranched alkanes of at least 4 members (excludes halogenated alkanes) is 2. The Labute approximate surface area is 154 Å². The molecule has 0 fully saturated rings. The maximum atomic E-state index is 12.0. The molecule has 0 saturated carbocycles. The molecule has 1 heterocycles. The fourth-order valence-corrected chi connectivity index (χ4v) is 2.54.